The van der Waals surface area contributed by atoms with Crippen molar-refractivity contribution in [2.45, 2.75) is 20.5 Å². The van der Waals surface area contributed by atoms with Crippen LogP contribution in [-0.2, 0) is 6.61 Å². The molecule has 42 heavy (non-hydrogen) atoms. The van der Waals surface area contributed by atoms with E-state index in [-0.39, 0.29) is 40.0 Å². The van der Waals surface area contributed by atoms with Crippen LogP contribution in [0.5, 0.6) is 5.75 Å². The number of fused-ring (bicyclic) bond motifs is 4. The van der Waals surface area contributed by atoms with Crippen LogP contribution >= 0.6 is 11.3 Å². The second kappa shape index (κ2) is 10.7. The maximum atomic E-state index is 13.9. The van der Waals surface area contributed by atoms with Gasteiger partial charge >= 0.3 is 5.97 Å². The minimum atomic E-state index is -1.23. The number of nitrogen functional groups attached to an aromatic ring is 1. The van der Waals surface area contributed by atoms with E-state index in [1.54, 1.807) is 42.5 Å². The Labute approximate surface area is 244 Å². The summed E-state index contributed by atoms with van der Waals surface area (Å²) in [6.45, 7) is 4.76. The van der Waals surface area contributed by atoms with Gasteiger partial charge in [-0.05, 0) is 70.3 Å². The fourth-order valence-corrected chi connectivity index (χ4v) is 5.79. The number of benzene rings is 3. The Morgan fingerprint density at radius 3 is 2.62 bits per heavy atom. The fourth-order valence-electron chi connectivity index (χ4n) is 4.95. The summed E-state index contributed by atoms with van der Waals surface area (Å²) >= 11 is 1.54. The molecule has 10 nitrogen and oxygen atoms in total. The Kier molecular flexibility index (Phi) is 6.87. The molecule has 0 fully saturated rings. The molecule has 11 heteroatoms. The third-order valence-electron chi connectivity index (χ3n) is 7.01. The molecular formula is C31H27N5O5S. The van der Waals surface area contributed by atoms with E-state index in [0.717, 1.165) is 16.7 Å². The number of anilines is 2. The maximum absolute atomic E-state index is 13.9. The van der Waals surface area contributed by atoms with Crippen molar-refractivity contribution < 1.29 is 24.2 Å². The summed E-state index contributed by atoms with van der Waals surface area (Å²) in [4.78, 5) is 46.2. The van der Waals surface area contributed by atoms with Gasteiger partial charge in [0.15, 0.2) is 5.95 Å². The van der Waals surface area contributed by atoms with Gasteiger partial charge in [-0.15, -0.1) is 0 Å². The van der Waals surface area contributed by atoms with Gasteiger partial charge in [-0.2, -0.15) is 11.3 Å². The average Bonchev–Trinajstić information content (AvgIpc) is 3.60. The predicted molar refractivity (Wildman–Crippen MR) is 162 cm³/mol. The molecule has 212 valence electrons. The second-order valence-electron chi connectivity index (χ2n) is 10.5. The lowest BCUT2D eigenvalue weighted by Gasteiger charge is -2.22. The molecule has 0 saturated heterocycles. The van der Waals surface area contributed by atoms with Crippen LogP contribution in [-0.4, -0.2) is 39.4 Å². The number of carboxylic acid groups (broad SMARTS) is 1. The zero-order chi connectivity index (χ0) is 29.5. The fraction of sp³-hybridized carbons (Fsp3) is 0.161. The number of aromatic carboxylic acids is 1. The largest absolute Gasteiger partial charge is 0.488 e. The van der Waals surface area contributed by atoms with Crippen molar-refractivity contribution in [3.63, 3.8) is 0 Å². The van der Waals surface area contributed by atoms with Gasteiger partial charge in [0.05, 0.1) is 16.6 Å². The first-order valence-electron chi connectivity index (χ1n) is 13.3. The van der Waals surface area contributed by atoms with Crippen molar-refractivity contribution >= 4 is 51.8 Å². The number of rotatable bonds is 7. The van der Waals surface area contributed by atoms with Crippen molar-refractivity contribution in [1.82, 2.24) is 15.3 Å². The number of thiophene rings is 1. The van der Waals surface area contributed by atoms with Gasteiger partial charge in [0.25, 0.3) is 11.8 Å². The molecule has 0 atom stereocenters. The number of hydrogen-bond donors (Lipinski definition) is 5. The van der Waals surface area contributed by atoms with Gasteiger partial charge in [0.2, 0.25) is 0 Å². The third kappa shape index (κ3) is 5.06. The normalized spacial score (nSPS) is 12.0. The maximum Gasteiger partial charge on any atom is 0.336 e. The number of nitrogens with zero attached hydrogens (tertiary/aromatic N) is 1. The third-order valence-corrected chi connectivity index (χ3v) is 7.80. The Bertz CT molecular complexity index is 1890. The van der Waals surface area contributed by atoms with Crippen LogP contribution in [0.2, 0.25) is 0 Å². The molecule has 3 aromatic carbocycles. The average molecular weight is 582 g/mol. The molecule has 3 heterocycles. The van der Waals surface area contributed by atoms with E-state index in [1.807, 2.05) is 24.6 Å². The highest BCUT2D eigenvalue weighted by atomic mass is 32.1. The lowest BCUT2D eigenvalue weighted by atomic mass is 9.89. The number of aromatic nitrogens is 2. The molecule has 0 unspecified atom stereocenters. The summed E-state index contributed by atoms with van der Waals surface area (Å²) in [6, 6.07) is 13.1. The topological polar surface area (TPSA) is 159 Å². The summed E-state index contributed by atoms with van der Waals surface area (Å²) in [5.74, 6) is -1.01. The number of imidazole rings is 1. The summed E-state index contributed by atoms with van der Waals surface area (Å²) in [6.07, 6.45) is 0. The molecule has 2 aromatic heterocycles. The molecule has 1 aliphatic rings. The standard InChI is InChI=1S/C31H27N5O5S/c1-15(2)11-33-28(37)16-3-5-19(23(7-16)30(39)40)20-10-27-21(24-14-42-13-17(24)12-41-27)9-22(20)29(38)34-18-4-6-25-26(8-18)36-31(32)35-25/h3-10,13-15H,11-12H2,1-2H3,(H,33,37)(H,34,38)(H,39,40)(H3,32,35,36). The molecular weight excluding hydrogens is 554 g/mol. The minimum Gasteiger partial charge on any atom is -0.488 e. The van der Waals surface area contributed by atoms with Gasteiger partial charge in [-0.1, -0.05) is 19.9 Å². The zero-order valence-corrected chi connectivity index (χ0v) is 23.6. The van der Waals surface area contributed by atoms with Crippen molar-refractivity contribution in [3.8, 4) is 28.0 Å². The van der Waals surface area contributed by atoms with Crippen LogP contribution in [0.15, 0.2) is 59.3 Å². The van der Waals surface area contributed by atoms with Gasteiger partial charge in [-0.25, -0.2) is 9.78 Å². The predicted octanol–water partition coefficient (Wildman–Crippen LogP) is 5.77. The van der Waals surface area contributed by atoms with Crippen LogP contribution in [0.1, 0.15) is 50.5 Å². The van der Waals surface area contributed by atoms with Crippen molar-refractivity contribution in [1.29, 1.82) is 0 Å². The Balaban J connectivity index is 1.46. The molecule has 0 saturated carbocycles. The Hall–Kier alpha value is -5.16. The summed E-state index contributed by atoms with van der Waals surface area (Å²) in [5, 5.41) is 19.9. The lowest BCUT2D eigenvalue weighted by Crippen LogP contribution is -2.27. The molecule has 6 rings (SSSR count). The molecule has 2 amide bonds. The molecule has 0 spiro atoms. The quantitative estimate of drug-likeness (QED) is 0.163. The van der Waals surface area contributed by atoms with Crippen LogP contribution in [0.25, 0.3) is 33.3 Å². The Morgan fingerprint density at radius 2 is 1.83 bits per heavy atom. The number of H-pyrrole nitrogens is 1. The molecule has 5 aromatic rings. The smallest absolute Gasteiger partial charge is 0.336 e. The summed E-state index contributed by atoms with van der Waals surface area (Å²) < 4.78 is 6.03. The van der Waals surface area contributed by atoms with E-state index in [0.29, 0.717) is 41.2 Å². The number of amides is 2. The SMILES string of the molecule is CC(C)CNC(=O)c1ccc(-c2cc3c(cc2C(=O)Nc2ccc4nc(N)[nH]c4c2)-c2cscc2CO3)c(C(=O)O)c1. The van der Waals surface area contributed by atoms with Gasteiger partial charge in [0.1, 0.15) is 12.4 Å². The molecule has 1 aliphatic heterocycles. The van der Waals surface area contributed by atoms with Gasteiger partial charge in [-0.3, -0.25) is 9.59 Å². The zero-order valence-electron chi connectivity index (χ0n) is 22.8. The van der Waals surface area contributed by atoms with Crippen LogP contribution < -0.4 is 21.1 Å². The first kappa shape index (κ1) is 27.0. The van der Waals surface area contributed by atoms with E-state index >= 15 is 0 Å². The molecule has 0 radical (unpaired) electrons. The highest BCUT2D eigenvalue weighted by Gasteiger charge is 2.26. The first-order chi connectivity index (χ1) is 20.2. The number of carbonyl (C=O) groups excluding carboxylic acids is 2. The summed E-state index contributed by atoms with van der Waals surface area (Å²) in [7, 11) is 0. The van der Waals surface area contributed by atoms with Crippen LogP contribution in [0.4, 0.5) is 11.6 Å². The van der Waals surface area contributed by atoms with Crippen molar-refractivity contribution in [2.75, 3.05) is 17.6 Å². The van der Waals surface area contributed by atoms with Gasteiger partial charge < -0.3 is 31.2 Å². The van der Waals surface area contributed by atoms with Crippen molar-refractivity contribution in [3.05, 3.63) is 81.5 Å². The molecule has 6 N–H and O–H groups in total. The first-order valence-corrected chi connectivity index (χ1v) is 14.2. The number of carboxylic acids is 1. The molecule has 0 aliphatic carbocycles. The highest BCUT2D eigenvalue weighted by Crippen LogP contribution is 2.44. The number of carbonyl (C=O) groups is 3. The number of nitrogens with two attached hydrogens (primary N) is 1. The van der Waals surface area contributed by atoms with E-state index in [1.165, 1.54) is 17.4 Å². The lowest BCUT2D eigenvalue weighted by molar-refractivity contribution is 0.0697. The van der Waals surface area contributed by atoms with Crippen LogP contribution in [0, 0.1) is 5.92 Å². The monoisotopic (exact) mass is 581 g/mol. The van der Waals surface area contributed by atoms with E-state index in [4.69, 9.17) is 10.5 Å². The van der Waals surface area contributed by atoms with Crippen LogP contribution in [0.3, 0.4) is 0 Å². The van der Waals surface area contributed by atoms with E-state index in [9.17, 15) is 19.5 Å². The minimum absolute atomic E-state index is 0.109. The second-order valence-corrected chi connectivity index (χ2v) is 11.2. The number of aromatic amines is 1. The van der Waals surface area contributed by atoms with E-state index < -0.39 is 11.9 Å². The number of nitrogens with one attached hydrogen (secondary N) is 3. The number of hydrogen-bond acceptors (Lipinski definition) is 7. The van der Waals surface area contributed by atoms with Crippen molar-refractivity contribution in [2.24, 2.45) is 5.92 Å². The van der Waals surface area contributed by atoms with E-state index in [2.05, 4.69) is 20.6 Å². The highest BCUT2D eigenvalue weighted by molar-refractivity contribution is 7.08. The Morgan fingerprint density at radius 1 is 1.00 bits per heavy atom. The summed E-state index contributed by atoms with van der Waals surface area (Å²) in [5.41, 5.74) is 11.3. The van der Waals surface area contributed by atoms with Gasteiger partial charge in [0, 0.05) is 40.0 Å². The number of ether oxygens (including phenoxy) is 1. The molecule has 0 bridgehead atoms.